The molecular formula is C5H4N2S. The lowest BCUT2D eigenvalue weighted by Crippen LogP contribution is -1.68. The van der Waals surface area contributed by atoms with Crippen molar-refractivity contribution in [2.45, 2.75) is 6.17 Å². The van der Waals surface area contributed by atoms with Crippen LogP contribution in [0, 0.1) is 0 Å². The molecule has 8 heavy (non-hydrogen) atoms. The van der Waals surface area contributed by atoms with E-state index in [-0.39, 0.29) is 6.17 Å². The Morgan fingerprint density at radius 3 is 2.88 bits per heavy atom. The summed E-state index contributed by atoms with van der Waals surface area (Å²) in [5, 5.41) is 11.7. The summed E-state index contributed by atoms with van der Waals surface area (Å²) in [6.07, 6.45) is 0.196. The van der Waals surface area contributed by atoms with Crippen molar-refractivity contribution in [3.63, 3.8) is 0 Å². The van der Waals surface area contributed by atoms with Gasteiger partial charge in [0.2, 0.25) is 6.17 Å². The molecule has 1 aromatic rings. The van der Waals surface area contributed by atoms with E-state index < -0.39 is 0 Å². The third-order valence-corrected chi connectivity index (χ3v) is 1.77. The first-order valence-electron chi connectivity index (χ1n) is 2.39. The highest BCUT2D eigenvalue weighted by Crippen LogP contribution is 2.31. The third-order valence-electron chi connectivity index (χ3n) is 1.07. The van der Waals surface area contributed by atoms with Crippen LogP contribution in [0.15, 0.2) is 27.1 Å². The first kappa shape index (κ1) is 4.21. The van der Waals surface area contributed by atoms with Crippen LogP contribution < -0.4 is 0 Å². The summed E-state index contributed by atoms with van der Waals surface area (Å²) in [6, 6.07) is 2.05. The second-order valence-electron chi connectivity index (χ2n) is 1.66. The predicted octanol–water partition coefficient (Wildman–Crippen LogP) is 2.21. The monoisotopic (exact) mass is 124 g/mol. The molecule has 0 unspecified atom stereocenters. The van der Waals surface area contributed by atoms with Crippen LogP contribution in [0.5, 0.6) is 0 Å². The lowest BCUT2D eigenvalue weighted by atomic mass is 10.3. The van der Waals surface area contributed by atoms with E-state index in [9.17, 15) is 0 Å². The molecule has 0 bridgehead atoms. The Bertz CT molecular complexity index is 196. The van der Waals surface area contributed by atoms with Gasteiger partial charge in [-0.15, -0.1) is 0 Å². The smallest absolute Gasteiger partial charge is 0.157 e. The molecule has 0 fully saturated rings. The number of hydrogen-bond donors (Lipinski definition) is 0. The van der Waals surface area contributed by atoms with Gasteiger partial charge in [0.05, 0.1) is 0 Å². The maximum absolute atomic E-state index is 3.78. The van der Waals surface area contributed by atoms with Crippen molar-refractivity contribution in [3.8, 4) is 0 Å². The van der Waals surface area contributed by atoms with Crippen LogP contribution in [0.25, 0.3) is 0 Å². The zero-order valence-corrected chi connectivity index (χ0v) is 4.93. The quantitative estimate of drug-likeness (QED) is 0.548. The van der Waals surface area contributed by atoms with E-state index in [0.717, 1.165) is 0 Å². The van der Waals surface area contributed by atoms with Crippen LogP contribution in [0.1, 0.15) is 11.7 Å². The molecule has 2 heterocycles. The molecule has 0 saturated carbocycles. The fraction of sp³-hybridized carbons (Fsp3) is 0.200. The molecule has 0 spiro atoms. The van der Waals surface area contributed by atoms with Gasteiger partial charge in [-0.2, -0.15) is 21.6 Å². The van der Waals surface area contributed by atoms with E-state index >= 15 is 0 Å². The molecule has 1 aromatic heterocycles. The summed E-state index contributed by atoms with van der Waals surface area (Å²) in [7, 11) is 0. The fourth-order valence-electron chi connectivity index (χ4n) is 0.589. The van der Waals surface area contributed by atoms with E-state index in [4.69, 9.17) is 0 Å². The van der Waals surface area contributed by atoms with Gasteiger partial charge in [-0.25, -0.2) is 0 Å². The molecule has 0 aromatic carbocycles. The average molecular weight is 124 g/mol. The Balaban J connectivity index is 2.29. The maximum Gasteiger partial charge on any atom is 0.206 e. The second-order valence-corrected chi connectivity index (χ2v) is 2.44. The van der Waals surface area contributed by atoms with Crippen molar-refractivity contribution in [1.82, 2.24) is 0 Å². The molecule has 0 atom stereocenters. The largest absolute Gasteiger partial charge is 0.206 e. The number of hydrogen-bond acceptors (Lipinski definition) is 3. The van der Waals surface area contributed by atoms with Gasteiger partial charge < -0.3 is 0 Å². The van der Waals surface area contributed by atoms with E-state index in [1.807, 2.05) is 5.38 Å². The summed E-state index contributed by atoms with van der Waals surface area (Å²) < 4.78 is 0. The van der Waals surface area contributed by atoms with Crippen LogP contribution >= 0.6 is 11.3 Å². The van der Waals surface area contributed by atoms with Crippen molar-refractivity contribution < 1.29 is 0 Å². The predicted molar refractivity (Wildman–Crippen MR) is 31.9 cm³/mol. The molecule has 0 amide bonds. The topological polar surface area (TPSA) is 24.7 Å². The van der Waals surface area contributed by atoms with E-state index in [0.29, 0.717) is 0 Å². The van der Waals surface area contributed by atoms with Gasteiger partial charge in [-0.05, 0) is 16.8 Å². The zero-order valence-electron chi connectivity index (χ0n) is 4.11. The summed E-state index contributed by atoms with van der Waals surface area (Å²) >= 11 is 1.69. The Morgan fingerprint density at radius 2 is 2.38 bits per heavy atom. The highest BCUT2D eigenvalue weighted by Gasteiger charge is 2.17. The van der Waals surface area contributed by atoms with Gasteiger partial charge in [0.15, 0.2) is 0 Å². The minimum atomic E-state index is 0.196. The molecule has 0 saturated heterocycles. The molecule has 1 aliphatic heterocycles. The molecule has 3 heteroatoms. The van der Waals surface area contributed by atoms with Crippen LogP contribution in [-0.4, -0.2) is 0 Å². The van der Waals surface area contributed by atoms with Crippen LogP contribution in [-0.2, 0) is 0 Å². The molecule has 0 N–H and O–H groups in total. The second kappa shape index (κ2) is 1.39. The first-order chi connectivity index (χ1) is 3.97. The number of thiophene rings is 1. The highest BCUT2D eigenvalue weighted by molar-refractivity contribution is 7.07. The SMILES string of the molecule is c1cc(C2N=N2)cs1. The van der Waals surface area contributed by atoms with Crippen LogP contribution in [0.4, 0.5) is 0 Å². The number of nitrogens with zero attached hydrogens (tertiary/aromatic N) is 2. The fourth-order valence-corrected chi connectivity index (χ4v) is 1.26. The molecule has 1 aliphatic rings. The van der Waals surface area contributed by atoms with Gasteiger partial charge in [0.1, 0.15) is 0 Å². The Morgan fingerprint density at radius 1 is 1.50 bits per heavy atom. The summed E-state index contributed by atoms with van der Waals surface area (Å²) in [5.74, 6) is 0. The van der Waals surface area contributed by atoms with E-state index in [1.165, 1.54) is 5.56 Å². The first-order valence-corrected chi connectivity index (χ1v) is 3.33. The zero-order chi connectivity index (χ0) is 5.40. The maximum atomic E-state index is 3.78. The van der Waals surface area contributed by atoms with Crippen LogP contribution in [0.2, 0.25) is 0 Å². The van der Waals surface area contributed by atoms with Crippen molar-refractivity contribution in [2.24, 2.45) is 10.2 Å². The van der Waals surface area contributed by atoms with Gasteiger partial charge in [-0.1, -0.05) is 0 Å². The summed E-state index contributed by atoms with van der Waals surface area (Å²) in [6.45, 7) is 0. The molecule has 2 rings (SSSR count). The lowest BCUT2D eigenvalue weighted by molar-refractivity contribution is 1.07. The Hall–Kier alpha value is -0.700. The van der Waals surface area contributed by atoms with Crippen molar-refractivity contribution >= 4 is 11.3 Å². The minimum Gasteiger partial charge on any atom is -0.157 e. The van der Waals surface area contributed by atoms with Crippen LogP contribution in [0.3, 0.4) is 0 Å². The Kier molecular flexibility index (Phi) is 0.729. The molecule has 40 valence electrons. The number of rotatable bonds is 1. The van der Waals surface area contributed by atoms with Crippen molar-refractivity contribution in [3.05, 3.63) is 22.4 Å². The minimum absolute atomic E-state index is 0.196. The highest BCUT2D eigenvalue weighted by atomic mass is 32.1. The van der Waals surface area contributed by atoms with Gasteiger partial charge in [0, 0.05) is 5.56 Å². The Labute approximate surface area is 50.9 Å². The standard InChI is InChI=1S/C5H4N2S/c1-2-8-3-4(1)5-6-7-5/h1-3,5H. The molecule has 0 aliphatic carbocycles. The summed E-state index contributed by atoms with van der Waals surface area (Å²) in [4.78, 5) is 0. The summed E-state index contributed by atoms with van der Waals surface area (Å²) in [5.41, 5.74) is 1.23. The lowest BCUT2D eigenvalue weighted by Gasteiger charge is -1.77. The molecule has 2 nitrogen and oxygen atoms in total. The normalized spacial score (nSPS) is 17.0. The van der Waals surface area contributed by atoms with Gasteiger partial charge >= 0.3 is 0 Å². The molecule has 0 radical (unpaired) electrons. The van der Waals surface area contributed by atoms with E-state index in [1.54, 1.807) is 11.3 Å². The van der Waals surface area contributed by atoms with Crippen molar-refractivity contribution in [2.75, 3.05) is 0 Å². The van der Waals surface area contributed by atoms with E-state index in [2.05, 4.69) is 21.7 Å². The van der Waals surface area contributed by atoms with Gasteiger partial charge in [-0.3, -0.25) is 0 Å². The molecular weight excluding hydrogens is 120 g/mol. The third kappa shape index (κ3) is 0.554. The average Bonchev–Trinajstić information content (AvgIpc) is 2.49. The van der Waals surface area contributed by atoms with Gasteiger partial charge in [0.25, 0.3) is 0 Å². The van der Waals surface area contributed by atoms with Crippen molar-refractivity contribution in [1.29, 1.82) is 0 Å².